The molecule has 0 saturated carbocycles. The molecule has 2 aromatic rings. The van der Waals surface area contributed by atoms with E-state index in [4.69, 9.17) is 4.74 Å². The second-order valence-electron chi connectivity index (χ2n) is 4.54. The van der Waals surface area contributed by atoms with Crippen LogP contribution in [0.4, 0.5) is 0 Å². The summed E-state index contributed by atoms with van der Waals surface area (Å²) in [6.07, 6.45) is 3.34. The van der Waals surface area contributed by atoms with Crippen LogP contribution in [0.25, 0.3) is 6.08 Å². The van der Waals surface area contributed by atoms with Crippen molar-refractivity contribution in [1.29, 1.82) is 0 Å². The highest BCUT2D eigenvalue weighted by Crippen LogP contribution is 2.13. The molecule has 2 aromatic carbocycles. The molecule has 0 aromatic heterocycles. The van der Waals surface area contributed by atoms with Gasteiger partial charge in [-0.3, -0.25) is 4.79 Å². The topological polar surface area (TPSA) is 38.3 Å². The molecule has 0 aliphatic carbocycles. The van der Waals surface area contributed by atoms with Gasteiger partial charge in [-0.2, -0.15) is 0 Å². The molecule has 0 bridgehead atoms. The summed E-state index contributed by atoms with van der Waals surface area (Å²) < 4.78 is 5.43. The predicted molar refractivity (Wildman–Crippen MR) is 84.9 cm³/mol. The maximum Gasteiger partial charge on any atom is 0.244 e. The Labute approximate surface area is 125 Å². The van der Waals surface area contributed by atoms with Gasteiger partial charge in [0.2, 0.25) is 5.91 Å². The highest BCUT2D eigenvalue weighted by Gasteiger charge is 1.99. The minimum absolute atomic E-state index is 0.110. The smallest absolute Gasteiger partial charge is 0.244 e. The molecule has 3 heteroatoms. The van der Waals surface area contributed by atoms with E-state index in [9.17, 15) is 4.79 Å². The first kappa shape index (κ1) is 14.9. The van der Waals surface area contributed by atoms with E-state index in [0.717, 1.165) is 16.9 Å². The summed E-state index contributed by atoms with van der Waals surface area (Å²) in [5.74, 6) is 0.713. The highest BCUT2D eigenvalue weighted by atomic mass is 16.5. The number of rotatable bonds is 6. The van der Waals surface area contributed by atoms with Gasteiger partial charge in [-0.25, -0.2) is 0 Å². The molecule has 1 N–H and O–H groups in total. The molecule has 108 valence electrons. The Balaban J connectivity index is 1.86. The van der Waals surface area contributed by atoms with E-state index in [1.807, 2.05) is 61.5 Å². The molecule has 3 nitrogen and oxygen atoms in total. The molecule has 0 fully saturated rings. The van der Waals surface area contributed by atoms with Crippen molar-refractivity contribution in [2.75, 3.05) is 6.61 Å². The molecule has 2 rings (SSSR count). The maximum absolute atomic E-state index is 11.8. The fourth-order valence-electron chi connectivity index (χ4n) is 1.90. The summed E-state index contributed by atoms with van der Waals surface area (Å²) in [6.45, 7) is 3.07. The molecule has 0 atom stereocenters. The van der Waals surface area contributed by atoms with Crippen LogP contribution in [-0.4, -0.2) is 12.5 Å². The number of carbonyl (C=O) groups is 1. The molecule has 0 aliphatic rings. The van der Waals surface area contributed by atoms with Crippen molar-refractivity contribution in [2.45, 2.75) is 13.5 Å². The predicted octanol–water partition coefficient (Wildman–Crippen LogP) is 3.41. The van der Waals surface area contributed by atoms with Crippen LogP contribution in [0.1, 0.15) is 18.1 Å². The molecule has 0 spiro atoms. The summed E-state index contributed by atoms with van der Waals surface area (Å²) in [6, 6.07) is 17.5. The molecule has 0 heterocycles. The molecule has 0 unspecified atom stereocenters. The second kappa shape index (κ2) is 7.90. The van der Waals surface area contributed by atoms with Gasteiger partial charge in [-0.15, -0.1) is 0 Å². The van der Waals surface area contributed by atoms with Crippen LogP contribution in [0.5, 0.6) is 5.75 Å². The minimum atomic E-state index is -0.110. The summed E-state index contributed by atoms with van der Waals surface area (Å²) in [4.78, 5) is 11.8. The minimum Gasteiger partial charge on any atom is -0.494 e. The fraction of sp³-hybridized carbons (Fsp3) is 0.167. The van der Waals surface area contributed by atoms with Crippen molar-refractivity contribution in [1.82, 2.24) is 5.32 Å². The lowest BCUT2D eigenvalue weighted by molar-refractivity contribution is -0.116. The lowest BCUT2D eigenvalue weighted by atomic mass is 10.2. The number of hydrogen-bond acceptors (Lipinski definition) is 2. The fourth-order valence-corrected chi connectivity index (χ4v) is 1.90. The van der Waals surface area contributed by atoms with E-state index in [1.54, 1.807) is 12.2 Å². The van der Waals surface area contributed by atoms with Crippen LogP contribution < -0.4 is 10.1 Å². The monoisotopic (exact) mass is 281 g/mol. The van der Waals surface area contributed by atoms with Crippen LogP contribution in [0.15, 0.2) is 60.7 Å². The largest absolute Gasteiger partial charge is 0.494 e. The van der Waals surface area contributed by atoms with E-state index in [1.165, 1.54) is 0 Å². The molecule has 1 amide bonds. The van der Waals surface area contributed by atoms with E-state index >= 15 is 0 Å². The van der Waals surface area contributed by atoms with E-state index < -0.39 is 0 Å². The second-order valence-corrected chi connectivity index (χ2v) is 4.54. The van der Waals surface area contributed by atoms with Crippen LogP contribution in [0, 0.1) is 0 Å². The Morgan fingerprint density at radius 1 is 1.14 bits per heavy atom. The average molecular weight is 281 g/mol. The Morgan fingerprint density at radius 2 is 1.95 bits per heavy atom. The van der Waals surface area contributed by atoms with Crippen molar-refractivity contribution in [2.24, 2.45) is 0 Å². The third-order valence-electron chi connectivity index (χ3n) is 2.90. The van der Waals surface area contributed by atoms with Crippen molar-refractivity contribution in [3.05, 3.63) is 71.8 Å². The SMILES string of the molecule is CCOc1cccc(CNC(=O)/C=C/c2ccccc2)c1. The van der Waals surface area contributed by atoms with Gasteiger partial charge in [0.15, 0.2) is 0 Å². The van der Waals surface area contributed by atoms with Crippen molar-refractivity contribution < 1.29 is 9.53 Å². The number of carbonyl (C=O) groups excluding carboxylic acids is 1. The van der Waals surface area contributed by atoms with Crippen molar-refractivity contribution in [3.8, 4) is 5.75 Å². The zero-order chi connectivity index (χ0) is 14.9. The number of nitrogens with one attached hydrogen (secondary N) is 1. The molecule has 21 heavy (non-hydrogen) atoms. The third-order valence-corrected chi connectivity index (χ3v) is 2.90. The summed E-state index contributed by atoms with van der Waals surface area (Å²) in [5, 5.41) is 2.86. The number of hydrogen-bond donors (Lipinski definition) is 1. The van der Waals surface area contributed by atoms with Gasteiger partial charge >= 0.3 is 0 Å². The van der Waals surface area contributed by atoms with Crippen LogP contribution in [0.2, 0.25) is 0 Å². The summed E-state index contributed by atoms with van der Waals surface area (Å²) >= 11 is 0. The third kappa shape index (κ3) is 5.15. The lowest BCUT2D eigenvalue weighted by Gasteiger charge is -2.06. The summed E-state index contributed by atoms with van der Waals surface area (Å²) in [5.41, 5.74) is 2.02. The van der Waals surface area contributed by atoms with Crippen LogP contribution in [0.3, 0.4) is 0 Å². The molecule has 0 radical (unpaired) electrons. The Bertz CT molecular complexity index is 606. The van der Waals surface area contributed by atoms with Gasteiger partial charge in [0, 0.05) is 12.6 Å². The zero-order valence-electron chi connectivity index (χ0n) is 12.1. The number of ether oxygens (including phenoxy) is 1. The van der Waals surface area contributed by atoms with Crippen molar-refractivity contribution >= 4 is 12.0 Å². The maximum atomic E-state index is 11.8. The quantitative estimate of drug-likeness (QED) is 0.824. The Kier molecular flexibility index (Phi) is 5.59. The average Bonchev–Trinajstić information content (AvgIpc) is 2.53. The van der Waals surface area contributed by atoms with Crippen LogP contribution >= 0.6 is 0 Å². The number of amides is 1. The molecular formula is C18H19NO2. The van der Waals surface area contributed by atoms with Gasteiger partial charge in [0.25, 0.3) is 0 Å². The van der Waals surface area contributed by atoms with Crippen LogP contribution in [-0.2, 0) is 11.3 Å². The molecule has 0 saturated heterocycles. The van der Waals surface area contributed by atoms with Crippen molar-refractivity contribution in [3.63, 3.8) is 0 Å². The van der Waals surface area contributed by atoms with Gasteiger partial charge in [0.05, 0.1) is 6.61 Å². The first-order valence-corrected chi connectivity index (χ1v) is 7.00. The van der Waals surface area contributed by atoms with Gasteiger partial charge in [0.1, 0.15) is 5.75 Å². The Hall–Kier alpha value is -2.55. The highest BCUT2D eigenvalue weighted by molar-refractivity contribution is 5.91. The molecular weight excluding hydrogens is 262 g/mol. The van der Waals surface area contributed by atoms with E-state index in [-0.39, 0.29) is 5.91 Å². The summed E-state index contributed by atoms with van der Waals surface area (Å²) in [7, 11) is 0. The molecule has 0 aliphatic heterocycles. The Morgan fingerprint density at radius 3 is 2.71 bits per heavy atom. The zero-order valence-corrected chi connectivity index (χ0v) is 12.1. The first-order chi connectivity index (χ1) is 10.3. The van der Waals surface area contributed by atoms with E-state index in [2.05, 4.69) is 5.32 Å². The van der Waals surface area contributed by atoms with E-state index in [0.29, 0.717) is 13.2 Å². The standard InChI is InChI=1S/C18H19NO2/c1-2-21-17-10-6-9-16(13-17)14-19-18(20)12-11-15-7-4-3-5-8-15/h3-13H,2,14H2,1H3,(H,19,20)/b12-11+. The number of benzene rings is 2. The van der Waals surface area contributed by atoms with Gasteiger partial charge < -0.3 is 10.1 Å². The lowest BCUT2D eigenvalue weighted by Crippen LogP contribution is -2.20. The van der Waals surface area contributed by atoms with Gasteiger partial charge in [-0.05, 0) is 36.3 Å². The first-order valence-electron chi connectivity index (χ1n) is 7.00. The normalized spacial score (nSPS) is 10.5. The van der Waals surface area contributed by atoms with Gasteiger partial charge in [-0.1, -0.05) is 42.5 Å².